The van der Waals surface area contributed by atoms with Crippen molar-refractivity contribution >= 4 is 23.4 Å². The first-order chi connectivity index (χ1) is 15.1. The number of piperazine rings is 1. The van der Waals surface area contributed by atoms with Gasteiger partial charge in [0.25, 0.3) is 11.8 Å². The summed E-state index contributed by atoms with van der Waals surface area (Å²) in [6.07, 6.45) is 4.75. The number of amides is 2. The highest BCUT2D eigenvalue weighted by Crippen LogP contribution is 2.27. The van der Waals surface area contributed by atoms with E-state index in [1.54, 1.807) is 24.3 Å². The van der Waals surface area contributed by atoms with Gasteiger partial charge < -0.3 is 9.80 Å². The maximum Gasteiger partial charge on any atom is 0.254 e. The number of carbonyl (C=O) groups is 2. The summed E-state index contributed by atoms with van der Waals surface area (Å²) in [5.41, 5.74) is 3.73. The average molecular weight is 438 g/mol. The number of rotatable bonds is 3. The van der Waals surface area contributed by atoms with Crippen LogP contribution in [0.1, 0.15) is 51.1 Å². The normalized spacial score (nSPS) is 19.6. The van der Waals surface area contributed by atoms with E-state index in [-0.39, 0.29) is 11.8 Å². The summed E-state index contributed by atoms with van der Waals surface area (Å²) in [4.78, 5) is 32.3. The maximum atomic E-state index is 13.1. The number of benzene rings is 2. The molecule has 2 amide bonds. The van der Waals surface area contributed by atoms with Gasteiger partial charge in [-0.3, -0.25) is 14.5 Å². The Labute approximate surface area is 188 Å². The second-order valence-corrected chi connectivity index (χ2v) is 9.32. The molecule has 2 aliphatic heterocycles. The first kappa shape index (κ1) is 20.5. The Bertz CT molecular complexity index is 979. The smallest absolute Gasteiger partial charge is 0.254 e. The van der Waals surface area contributed by atoms with E-state index >= 15 is 0 Å². The fourth-order valence-corrected chi connectivity index (χ4v) is 4.98. The molecule has 6 heteroatoms. The van der Waals surface area contributed by atoms with Gasteiger partial charge in [0.15, 0.2) is 0 Å². The Morgan fingerprint density at radius 1 is 0.774 bits per heavy atom. The standard InChI is InChI=1S/C25H28ClN3O2/c26-22-8-6-18(7-9-22)24(30)29-11-10-19-16-20(4-5-21(19)17-29)25(31)28-14-12-27(13-15-28)23-2-1-3-23/h4-9,16,23H,1-3,10-15,17H2. The van der Waals surface area contributed by atoms with Crippen LogP contribution in [-0.4, -0.2) is 65.3 Å². The molecule has 31 heavy (non-hydrogen) atoms. The van der Waals surface area contributed by atoms with Crippen LogP contribution in [0.25, 0.3) is 0 Å². The highest BCUT2D eigenvalue weighted by Gasteiger charge is 2.30. The van der Waals surface area contributed by atoms with Crippen molar-refractivity contribution < 1.29 is 9.59 Å². The first-order valence-corrected chi connectivity index (χ1v) is 11.7. The van der Waals surface area contributed by atoms with E-state index < -0.39 is 0 Å². The van der Waals surface area contributed by atoms with E-state index in [1.165, 1.54) is 24.8 Å². The van der Waals surface area contributed by atoms with Crippen LogP contribution in [0.15, 0.2) is 42.5 Å². The second kappa shape index (κ2) is 8.64. The predicted octanol–water partition coefficient (Wildman–Crippen LogP) is 3.85. The summed E-state index contributed by atoms with van der Waals surface area (Å²) in [7, 11) is 0. The van der Waals surface area contributed by atoms with Crippen LogP contribution >= 0.6 is 11.6 Å². The van der Waals surface area contributed by atoms with Gasteiger partial charge in [0.1, 0.15) is 0 Å². The summed E-state index contributed by atoms with van der Waals surface area (Å²) < 4.78 is 0. The molecule has 0 bridgehead atoms. The molecule has 162 valence electrons. The third kappa shape index (κ3) is 4.21. The summed E-state index contributed by atoms with van der Waals surface area (Å²) in [6, 6.07) is 13.8. The lowest BCUT2D eigenvalue weighted by atomic mass is 9.91. The average Bonchev–Trinajstić information content (AvgIpc) is 2.77. The van der Waals surface area contributed by atoms with Crippen molar-refractivity contribution in [2.45, 2.75) is 38.3 Å². The fraction of sp³-hybridized carbons (Fsp3) is 0.440. The van der Waals surface area contributed by atoms with Crippen LogP contribution in [0.3, 0.4) is 0 Å². The number of fused-ring (bicyclic) bond motifs is 1. The molecule has 0 unspecified atom stereocenters. The molecule has 2 fully saturated rings. The molecule has 0 atom stereocenters. The summed E-state index contributed by atoms with van der Waals surface area (Å²) >= 11 is 5.94. The van der Waals surface area contributed by atoms with Gasteiger partial charge in [-0.2, -0.15) is 0 Å². The van der Waals surface area contributed by atoms with E-state index in [1.807, 2.05) is 28.0 Å². The number of nitrogens with zero attached hydrogens (tertiary/aromatic N) is 3. The molecular formula is C25H28ClN3O2. The predicted molar refractivity (Wildman–Crippen MR) is 121 cm³/mol. The lowest BCUT2D eigenvalue weighted by molar-refractivity contribution is 0.0455. The van der Waals surface area contributed by atoms with Crippen molar-refractivity contribution in [1.82, 2.24) is 14.7 Å². The van der Waals surface area contributed by atoms with E-state index in [0.717, 1.165) is 49.8 Å². The van der Waals surface area contributed by atoms with Crippen molar-refractivity contribution in [3.05, 3.63) is 69.7 Å². The molecule has 2 heterocycles. The highest BCUT2D eigenvalue weighted by molar-refractivity contribution is 6.30. The van der Waals surface area contributed by atoms with Crippen molar-refractivity contribution in [3.8, 4) is 0 Å². The van der Waals surface area contributed by atoms with Gasteiger partial charge in [0, 0.05) is 61.5 Å². The second-order valence-electron chi connectivity index (χ2n) is 8.88. The van der Waals surface area contributed by atoms with Crippen LogP contribution in [0.4, 0.5) is 0 Å². The van der Waals surface area contributed by atoms with Crippen molar-refractivity contribution in [2.24, 2.45) is 0 Å². The topological polar surface area (TPSA) is 43.9 Å². The molecule has 2 aromatic carbocycles. The maximum absolute atomic E-state index is 13.1. The Hall–Kier alpha value is -2.37. The molecular weight excluding hydrogens is 410 g/mol. The van der Waals surface area contributed by atoms with Crippen molar-refractivity contribution in [1.29, 1.82) is 0 Å². The minimum atomic E-state index is 0.0202. The third-order valence-electron chi connectivity index (χ3n) is 7.04. The molecule has 0 N–H and O–H groups in total. The van der Waals surface area contributed by atoms with Crippen LogP contribution in [0, 0.1) is 0 Å². The summed E-state index contributed by atoms with van der Waals surface area (Å²) in [5, 5.41) is 0.627. The van der Waals surface area contributed by atoms with Gasteiger partial charge in [0.05, 0.1) is 0 Å². The Morgan fingerprint density at radius 3 is 2.13 bits per heavy atom. The van der Waals surface area contributed by atoms with Crippen LogP contribution < -0.4 is 0 Å². The third-order valence-corrected chi connectivity index (χ3v) is 7.29. The number of hydrogen-bond donors (Lipinski definition) is 0. The van der Waals surface area contributed by atoms with Gasteiger partial charge in [-0.25, -0.2) is 0 Å². The molecule has 5 nitrogen and oxygen atoms in total. The van der Waals surface area contributed by atoms with Crippen LogP contribution in [0.2, 0.25) is 5.02 Å². The zero-order chi connectivity index (χ0) is 21.4. The lowest BCUT2D eigenvalue weighted by Gasteiger charge is -2.43. The first-order valence-electron chi connectivity index (χ1n) is 11.3. The van der Waals surface area contributed by atoms with Gasteiger partial charge in [0.2, 0.25) is 0 Å². The fourth-order valence-electron chi connectivity index (χ4n) is 4.86. The molecule has 2 aromatic rings. The minimum absolute atomic E-state index is 0.0202. The number of hydrogen-bond acceptors (Lipinski definition) is 3. The molecule has 3 aliphatic rings. The van der Waals surface area contributed by atoms with E-state index in [0.29, 0.717) is 23.7 Å². The zero-order valence-electron chi connectivity index (χ0n) is 17.7. The van der Waals surface area contributed by atoms with Crippen molar-refractivity contribution in [2.75, 3.05) is 32.7 Å². The van der Waals surface area contributed by atoms with Gasteiger partial charge in [-0.05, 0) is 66.8 Å². The molecule has 0 aromatic heterocycles. The van der Waals surface area contributed by atoms with Gasteiger partial charge >= 0.3 is 0 Å². The Balaban J connectivity index is 1.23. The van der Waals surface area contributed by atoms with E-state index in [9.17, 15) is 9.59 Å². The van der Waals surface area contributed by atoms with Crippen LogP contribution in [-0.2, 0) is 13.0 Å². The van der Waals surface area contributed by atoms with E-state index in [2.05, 4.69) is 4.90 Å². The van der Waals surface area contributed by atoms with Gasteiger partial charge in [-0.1, -0.05) is 24.1 Å². The molecule has 0 spiro atoms. The largest absolute Gasteiger partial charge is 0.336 e. The Morgan fingerprint density at radius 2 is 1.45 bits per heavy atom. The highest BCUT2D eigenvalue weighted by atomic mass is 35.5. The summed E-state index contributed by atoms with van der Waals surface area (Å²) in [6.45, 7) is 4.84. The van der Waals surface area contributed by atoms with Crippen LogP contribution in [0.5, 0.6) is 0 Å². The molecule has 1 saturated heterocycles. The molecule has 1 aliphatic carbocycles. The number of halogens is 1. The Kier molecular flexibility index (Phi) is 5.72. The molecule has 1 saturated carbocycles. The van der Waals surface area contributed by atoms with Crippen molar-refractivity contribution in [3.63, 3.8) is 0 Å². The number of carbonyl (C=O) groups excluding carboxylic acids is 2. The summed E-state index contributed by atoms with van der Waals surface area (Å²) in [5.74, 6) is 0.155. The van der Waals surface area contributed by atoms with E-state index in [4.69, 9.17) is 11.6 Å². The lowest BCUT2D eigenvalue weighted by Crippen LogP contribution is -2.53. The minimum Gasteiger partial charge on any atom is -0.336 e. The molecule has 5 rings (SSSR count). The van der Waals surface area contributed by atoms with Gasteiger partial charge in [-0.15, -0.1) is 0 Å². The quantitative estimate of drug-likeness (QED) is 0.732. The molecule has 0 radical (unpaired) electrons. The SMILES string of the molecule is O=C(c1ccc2c(c1)CCN(C(=O)c1ccc(Cl)cc1)C2)N1CCN(C2CCC2)CC1. The monoisotopic (exact) mass is 437 g/mol. The zero-order valence-corrected chi connectivity index (χ0v) is 18.5.